The van der Waals surface area contributed by atoms with Gasteiger partial charge in [0.25, 0.3) is 0 Å². The fraction of sp³-hybridized carbons (Fsp3) is 0.357. The van der Waals surface area contributed by atoms with E-state index in [0.717, 1.165) is 30.7 Å². The summed E-state index contributed by atoms with van der Waals surface area (Å²) in [5, 5.41) is 3.33. The van der Waals surface area contributed by atoms with Crippen LogP contribution in [0.1, 0.15) is 24.0 Å². The summed E-state index contributed by atoms with van der Waals surface area (Å²) in [6, 6.07) is 7.56. The molecule has 0 atom stereocenters. The second kappa shape index (κ2) is 6.40. The molecule has 1 aromatic heterocycles. The summed E-state index contributed by atoms with van der Waals surface area (Å²) < 4.78 is 5.65. The van der Waals surface area contributed by atoms with Crippen LogP contribution in [-0.4, -0.2) is 11.6 Å². The lowest BCUT2D eigenvalue weighted by atomic mass is 10.3. The van der Waals surface area contributed by atoms with E-state index in [9.17, 15) is 0 Å². The first kappa shape index (κ1) is 12.9. The number of thiazole rings is 1. The van der Waals surface area contributed by atoms with E-state index in [1.165, 1.54) is 5.01 Å². The quantitative estimate of drug-likeness (QED) is 0.813. The van der Waals surface area contributed by atoms with Crippen molar-refractivity contribution in [1.29, 1.82) is 0 Å². The molecule has 0 bridgehead atoms. The Bertz CT molecular complexity index is 496. The van der Waals surface area contributed by atoms with Crippen LogP contribution < -0.4 is 10.5 Å². The molecule has 2 rings (SSSR count). The molecule has 0 unspecified atom stereocenters. The minimum atomic E-state index is 0.615. The molecule has 3 nitrogen and oxygen atoms in total. The van der Waals surface area contributed by atoms with Crippen LogP contribution in [0, 0.1) is 0 Å². The van der Waals surface area contributed by atoms with Gasteiger partial charge in [-0.15, -0.1) is 11.3 Å². The summed E-state index contributed by atoms with van der Waals surface area (Å²) in [5.41, 5.74) is 7.60. The summed E-state index contributed by atoms with van der Waals surface area (Å²) in [4.78, 5) is 4.56. The van der Waals surface area contributed by atoms with E-state index in [-0.39, 0.29) is 0 Å². The molecule has 96 valence electrons. The van der Waals surface area contributed by atoms with E-state index >= 15 is 0 Å². The van der Waals surface area contributed by atoms with Crippen molar-refractivity contribution in [1.82, 2.24) is 4.98 Å². The van der Waals surface area contributed by atoms with E-state index in [0.29, 0.717) is 12.3 Å². The summed E-state index contributed by atoms with van der Waals surface area (Å²) in [7, 11) is 0. The number of anilines is 1. The molecule has 0 aliphatic rings. The maximum Gasteiger partial charge on any atom is 0.142 e. The summed E-state index contributed by atoms with van der Waals surface area (Å²) in [6.45, 7) is 2.78. The van der Waals surface area contributed by atoms with E-state index < -0.39 is 0 Å². The normalized spacial score (nSPS) is 10.5. The number of para-hydroxylation sites is 2. The van der Waals surface area contributed by atoms with Gasteiger partial charge in [-0.2, -0.15) is 0 Å². The highest BCUT2D eigenvalue weighted by Gasteiger charge is 2.03. The summed E-state index contributed by atoms with van der Waals surface area (Å²) in [5.74, 6) is 0.751. The van der Waals surface area contributed by atoms with Gasteiger partial charge in [0.2, 0.25) is 0 Å². The van der Waals surface area contributed by atoms with Crippen LogP contribution in [0.2, 0.25) is 0 Å². The molecule has 1 heterocycles. The largest absolute Gasteiger partial charge is 0.491 e. The van der Waals surface area contributed by atoms with Crippen molar-refractivity contribution in [3.8, 4) is 5.75 Å². The van der Waals surface area contributed by atoms with Crippen LogP contribution >= 0.6 is 11.3 Å². The molecule has 2 aromatic rings. The van der Waals surface area contributed by atoms with Gasteiger partial charge in [-0.05, 0) is 25.0 Å². The third kappa shape index (κ3) is 3.47. The van der Waals surface area contributed by atoms with Crippen molar-refractivity contribution >= 4 is 17.0 Å². The molecule has 0 aliphatic heterocycles. The summed E-state index contributed by atoms with van der Waals surface area (Å²) >= 11 is 1.73. The van der Waals surface area contributed by atoms with Crippen LogP contribution in [0.5, 0.6) is 5.75 Å². The van der Waals surface area contributed by atoms with Gasteiger partial charge >= 0.3 is 0 Å². The maximum absolute atomic E-state index is 5.81. The third-order valence-corrected chi connectivity index (χ3v) is 3.56. The minimum Gasteiger partial charge on any atom is -0.491 e. The number of rotatable bonds is 6. The Morgan fingerprint density at radius 3 is 2.89 bits per heavy atom. The van der Waals surface area contributed by atoms with Crippen LogP contribution in [0.3, 0.4) is 0 Å². The molecule has 0 aliphatic carbocycles. The monoisotopic (exact) mass is 262 g/mol. The predicted molar refractivity (Wildman–Crippen MR) is 76.2 cm³/mol. The molecule has 1 aromatic carbocycles. The molecule has 0 fully saturated rings. The van der Waals surface area contributed by atoms with Crippen LogP contribution in [0.15, 0.2) is 29.6 Å². The van der Waals surface area contributed by atoms with Crippen molar-refractivity contribution in [3.63, 3.8) is 0 Å². The Kier molecular flexibility index (Phi) is 4.59. The fourth-order valence-electron chi connectivity index (χ4n) is 1.67. The van der Waals surface area contributed by atoms with Gasteiger partial charge in [0, 0.05) is 11.8 Å². The Hall–Kier alpha value is -1.55. The standard InChI is InChI=1S/C14H18N2OS/c1-2-5-14-16-11(10-18-14)8-9-17-13-7-4-3-6-12(13)15/h3-4,6-7,10H,2,5,8-9,15H2,1H3. The predicted octanol–water partition coefficient (Wildman–Crippen LogP) is 3.30. The number of nitrogens with zero attached hydrogens (tertiary/aromatic N) is 1. The van der Waals surface area contributed by atoms with Crippen LogP contribution in [0.25, 0.3) is 0 Å². The number of hydrogen-bond donors (Lipinski definition) is 1. The second-order valence-corrected chi connectivity index (χ2v) is 5.06. The van der Waals surface area contributed by atoms with Gasteiger partial charge in [-0.1, -0.05) is 19.1 Å². The molecule has 2 N–H and O–H groups in total. The first-order valence-corrected chi connectivity index (χ1v) is 7.08. The Morgan fingerprint density at radius 2 is 2.11 bits per heavy atom. The average molecular weight is 262 g/mol. The average Bonchev–Trinajstić information content (AvgIpc) is 2.80. The zero-order valence-electron chi connectivity index (χ0n) is 10.6. The number of ether oxygens (including phenoxy) is 1. The topological polar surface area (TPSA) is 48.1 Å². The number of nitrogen functional groups attached to an aromatic ring is 1. The first-order chi connectivity index (χ1) is 8.79. The van der Waals surface area contributed by atoms with E-state index in [2.05, 4.69) is 17.3 Å². The molecule has 4 heteroatoms. The molecular weight excluding hydrogens is 244 g/mol. The molecule has 0 saturated heterocycles. The highest BCUT2D eigenvalue weighted by molar-refractivity contribution is 7.09. The van der Waals surface area contributed by atoms with E-state index in [1.807, 2.05) is 24.3 Å². The van der Waals surface area contributed by atoms with Crippen molar-refractivity contribution in [2.75, 3.05) is 12.3 Å². The van der Waals surface area contributed by atoms with Crippen LogP contribution in [0.4, 0.5) is 5.69 Å². The fourth-order valence-corrected chi connectivity index (χ4v) is 2.60. The van der Waals surface area contributed by atoms with Gasteiger partial charge in [-0.3, -0.25) is 0 Å². The lowest BCUT2D eigenvalue weighted by molar-refractivity contribution is 0.322. The number of aryl methyl sites for hydroxylation is 1. The van der Waals surface area contributed by atoms with Gasteiger partial charge < -0.3 is 10.5 Å². The van der Waals surface area contributed by atoms with Gasteiger partial charge in [0.1, 0.15) is 5.75 Å². The molecule has 0 spiro atoms. The Labute approximate surface area is 112 Å². The summed E-state index contributed by atoms with van der Waals surface area (Å²) in [6.07, 6.45) is 3.04. The van der Waals surface area contributed by atoms with E-state index in [1.54, 1.807) is 11.3 Å². The van der Waals surface area contributed by atoms with Crippen LogP contribution in [-0.2, 0) is 12.8 Å². The number of benzene rings is 1. The molecule has 0 amide bonds. The van der Waals surface area contributed by atoms with Crippen molar-refractivity contribution in [3.05, 3.63) is 40.3 Å². The van der Waals surface area contributed by atoms with Gasteiger partial charge in [0.05, 0.1) is 23.0 Å². The maximum atomic E-state index is 5.81. The zero-order chi connectivity index (χ0) is 12.8. The smallest absolute Gasteiger partial charge is 0.142 e. The second-order valence-electron chi connectivity index (χ2n) is 4.12. The lowest BCUT2D eigenvalue weighted by Gasteiger charge is -2.07. The van der Waals surface area contributed by atoms with Crippen molar-refractivity contribution < 1.29 is 4.74 Å². The third-order valence-electron chi connectivity index (χ3n) is 2.60. The Balaban J connectivity index is 1.83. The minimum absolute atomic E-state index is 0.615. The highest BCUT2D eigenvalue weighted by Crippen LogP contribution is 2.20. The number of aromatic nitrogens is 1. The molecule has 18 heavy (non-hydrogen) atoms. The SMILES string of the molecule is CCCc1nc(CCOc2ccccc2N)cs1. The lowest BCUT2D eigenvalue weighted by Crippen LogP contribution is -2.03. The van der Waals surface area contributed by atoms with Gasteiger partial charge in [0.15, 0.2) is 0 Å². The highest BCUT2D eigenvalue weighted by atomic mass is 32.1. The number of hydrogen-bond acceptors (Lipinski definition) is 4. The van der Waals surface area contributed by atoms with Crippen molar-refractivity contribution in [2.45, 2.75) is 26.2 Å². The molecular formula is C14H18N2OS. The molecule has 0 radical (unpaired) electrons. The molecule has 0 saturated carbocycles. The zero-order valence-corrected chi connectivity index (χ0v) is 11.4. The first-order valence-electron chi connectivity index (χ1n) is 6.20. The van der Waals surface area contributed by atoms with Crippen molar-refractivity contribution in [2.24, 2.45) is 0 Å². The number of nitrogens with two attached hydrogens (primary N) is 1. The Morgan fingerprint density at radius 1 is 1.28 bits per heavy atom. The van der Waals surface area contributed by atoms with E-state index in [4.69, 9.17) is 10.5 Å². The van der Waals surface area contributed by atoms with Gasteiger partial charge in [-0.25, -0.2) is 4.98 Å².